The molecule has 1 aromatic carbocycles. The van der Waals surface area contributed by atoms with Gasteiger partial charge in [0.2, 0.25) is 15.9 Å². The first-order valence-electron chi connectivity index (χ1n) is 10.4. The zero-order valence-electron chi connectivity index (χ0n) is 17.3. The molecule has 29 heavy (non-hydrogen) atoms. The Morgan fingerprint density at radius 3 is 2.31 bits per heavy atom. The minimum Gasteiger partial charge on any atom is -0.383 e. The van der Waals surface area contributed by atoms with Crippen LogP contribution in [0.2, 0.25) is 0 Å². The van der Waals surface area contributed by atoms with Crippen LogP contribution in [0.25, 0.3) is 0 Å². The van der Waals surface area contributed by atoms with Gasteiger partial charge in [-0.05, 0) is 31.4 Å². The second-order valence-corrected chi connectivity index (χ2v) is 10.7. The van der Waals surface area contributed by atoms with Gasteiger partial charge in [0.1, 0.15) is 0 Å². The van der Waals surface area contributed by atoms with Crippen molar-refractivity contribution >= 4 is 15.9 Å². The number of hydrogen-bond acceptors (Lipinski definition) is 5. The SMILES string of the molecule is COCCN1CC2(CCN(S(=O)(=O)c3ccccc3)CC2)C2(CCN(C)C2=O)C1. The first kappa shape index (κ1) is 20.8. The summed E-state index contributed by atoms with van der Waals surface area (Å²) in [5.74, 6) is 0.233. The molecule has 3 aliphatic heterocycles. The highest BCUT2D eigenvalue weighted by atomic mass is 32.2. The molecule has 0 saturated carbocycles. The first-order valence-corrected chi connectivity index (χ1v) is 11.8. The second-order valence-electron chi connectivity index (χ2n) is 8.76. The molecule has 1 amide bonds. The van der Waals surface area contributed by atoms with Gasteiger partial charge in [-0.2, -0.15) is 4.31 Å². The third-order valence-corrected chi connectivity index (χ3v) is 9.25. The zero-order valence-corrected chi connectivity index (χ0v) is 18.2. The molecule has 8 heteroatoms. The van der Waals surface area contributed by atoms with E-state index < -0.39 is 15.4 Å². The summed E-state index contributed by atoms with van der Waals surface area (Å²) in [5.41, 5.74) is -0.552. The molecule has 3 fully saturated rings. The number of hydrogen-bond donors (Lipinski definition) is 0. The van der Waals surface area contributed by atoms with Crippen molar-refractivity contribution in [1.29, 1.82) is 0 Å². The summed E-state index contributed by atoms with van der Waals surface area (Å²) < 4.78 is 33.0. The molecular formula is C21H31N3O4S. The highest BCUT2D eigenvalue weighted by molar-refractivity contribution is 7.89. The Bertz CT molecular complexity index is 852. The van der Waals surface area contributed by atoms with Gasteiger partial charge in [0, 0.05) is 58.8 Å². The lowest BCUT2D eigenvalue weighted by molar-refractivity contribution is -0.140. The van der Waals surface area contributed by atoms with Gasteiger partial charge in [0.15, 0.2) is 0 Å². The Morgan fingerprint density at radius 1 is 1.03 bits per heavy atom. The average molecular weight is 422 g/mol. The van der Waals surface area contributed by atoms with Gasteiger partial charge in [-0.3, -0.25) is 9.69 Å². The number of nitrogens with zero attached hydrogens (tertiary/aromatic N) is 3. The number of benzene rings is 1. The number of methoxy groups -OCH3 is 1. The number of sulfonamides is 1. The number of fused-ring (bicyclic) bond motifs is 1. The minimum absolute atomic E-state index is 0.161. The quantitative estimate of drug-likeness (QED) is 0.716. The highest BCUT2D eigenvalue weighted by Gasteiger charge is 2.64. The maximum absolute atomic E-state index is 13.3. The lowest BCUT2D eigenvalue weighted by Gasteiger charge is -2.46. The molecule has 160 valence electrons. The van der Waals surface area contributed by atoms with Crippen LogP contribution in [0.15, 0.2) is 35.2 Å². The van der Waals surface area contributed by atoms with Crippen LogP contribution in [0.3, 0.4) is 0 Å². The fourth-order valence-corrected chi connectivity index (χ4v) is 7.13. The number of carbonyl (C=O) groups excluding carboxylic acids is 1. The Labute approximate surface area is 173 Å². The summed E-state index contributed by atoms with van der Waals surface area (Å²) in [6.45, 7) is 4.76. The fourth-order valence-electron chi connectivity index (χ4n) is 5.67. The van der Waals surface area contributed by atoms with E-state index in [9.17, 15) is 13.2 Å². The summed E-state index contributed by atoms with van der Waals surface area (Å²) in [4.78, 5) is 17.8. The van der Waals surface area contributed by atoms with Crippen LogP contribution in [0, 0.1) is 10.8 Å². The minimum atomic E-state index is -3.49. The molecule has 0 radical (unpaired) electrons. The third kappa shape index (κ3) is 3.30. The van der Waals surface area contributed by atoms with E-state index in [1.165, 1.54) is 0 Å². The number of likely N-dealkylation sites (tertiary alicyclic amines) is 2. The lowest BCUT2D eigenvalue weighted by Crippen LogP contribution is -2.53. The van der Waals surface area contributed by atoms with Crippen molar-refractivity contribution in [2.45, 2.75) is 24.2 Å². The Morgan fingerprint density at radius 2 is 1.72 bits per heavy atom. The molecule has 4 rings (SSSR count). The first-order chi connectivity index (χ1) is 13.8. The summed E-state index contributed by atoms with van der Waals surface area (Å²) in [6, 6.07) is 8.64. The van der Waals surface area contributed by atoms with Crippen molar-refractivity contribution < 1.29 is 17.9 Å². The Kier molecular flexibility index (Phi) is 5.48. The molecule has 0 aliphatic carbocycles. The molecule has 1 atom stereocenters. The summed E-state index contributed by atoms with van der Waals surface area (Å²) in [5, 5.41) is 0. The van der Waals surface area contributed by atoms with Crippen LogP contribution in [-0.4, -0.2) is 88.5 Å². The van der Waals surface area contributed by atoms with E-state index in [0.717, 1.165) is 45.4 Å². The molecule has 3 heterocycles. The van der Waals surface area contributed by atoms with E-state index in [1.54, 1.807) is 35.7 Å². The molecule has 0 bridgehead atoms. The maximum Gasteiger partial charge on any atom is 0.243 e. The predicted octanol–water partition coefficient (Wildman–Crippen LogP) is 1.27. The number of amides is 1. The summed E-state index contributed by atoms with van der Waals surface area (Å²) in [6.07, 6.45) is 2.31. The maximum atomic E-state index is 13.3. The van der Waals surface area contributed by atoms with Gasteiger partial charge in [-0.1, -0.05) is 18.2 Å². The lowest BCUT2D eigenvalue weighted by atomic mass is 9.60. The van der Waals surface area contributed by atoms with Crippen molar-refractivity contribution in [3.05, 3.63) is 30.3 Å². The van der Waals surface area contributed by atoms with E-state index in [4.69, 9.17) is 4.74 Å². The molecule has 0 aromatic heterocycles. The number of ether oxygens (including phenoxy) is 1. The zero-order chi connectivity index (χ0) is 20.7. The largest absolute Gasteiger partial charge is 0.383 e. The average Bonchev–Trinajstić information content (AvgIpc) is 3.19. The van der Waals surface area contributed by atoms with Crippen LogP contribution in [0.5, 0.6) is 0 Å². The summed E-state index contributed by atoms with van der Waals surface area (Å²) in [7, 11) is 0.0930. The van der Waals surface area contributed by atoms with E-state index >= 15 is 0 Å². The van der Waals surface area contributed by atoms with E-state index in [0.29, 0.717) is 24.6 Å². The number of carbonyl (C=O) groups is 1. The van der Waals surface area contributed by atoms with Crippen molar-refractivity contribution in [1.82, 2.24) is 14.1 Å². The van der Waals surface area contributed by atoms with Crippen molar-refractivity contribution in [3.63, 3.8) is 0 Å². The normalized spacial score (nSPS) is 28.1. The molecule has 2 spiro atoms. The van der Waals surface area contributed by atoms with Crippen molar-refractivity contribution in [3.8, 4) is 0 Å². The number of rotatable bonds is 5. The molecule has 0 N–H and O–H groups in total. The standard InChI is InChI=1S/C21H31N3O4S/c1-22-11-10-21(19(22)25)17-23(14-15-28-2)16-20(21)8-12-24(13-9-20)29(26,27)18-6-4-3-5-7-18/h3-7H,8-17H2,1-2H3. The molecule has 1 aromatic rings. The molecule has 1 unspecified atom stereocenters. The topological polar surface area (TPSA) is 70.2 Å². The van der Waals surface area contributed by atoms with Gasteiger partial charge in [0.05, 0.1) is 16.9 Å². The Balaban J connectivity index is 1.57. The van der Waals surface area contributed by atoms with E-state index in [-0.39, 0.29) is 11.3 Å². The molecule has 3 saturated heterocycles. The van der Waals surface area contributed by atoms with Crippen LogP contribution < -0.4 is 0 Å². The van der Waals surface area contributed by atoms with Gasteiger partial charge < -0.3 is 9.64 Å². The highest BCUT2D eigenvalue weighted by Crippen LogP contribution is 2.57. The molecule has 7 nitrogen and oxygen atoms in total. The van der Waals surface area contributed by atoms with Crippen LogP contribution in [-0.2, 0) is 19.6 Å². The molecular weight excluding hydrogens is 390 g/mol. The van der Waals surface area contributed by atoms with Gasteiger partial charge in [0.25, 0.3) is 0 Å². The second kappa shape index (κ2) is 7.65. The third-order valence-electron chi connectivity index (χ3n) is 7.34. The molecule has 3 aliphatic rings. The smallest absolute Gasteiger partial charge is 0.243 e. The van der Waals surface area contributed by atoms with Gasteiger partial charge in [-0.25, -0.2) is 8.42 Å². The van der Waals surface area contributed by atoms with Gasteiger partial charge in [-0.15, -0.1) is 0 Å². The van der Waals surface area contributed by atoms with Crippen molar-refractivity contribution in [2.24, 2.45) is 10.8 Å². The van der Waals surface area contributed by atoms with E-state index in [2.05, 4.69) is 4.90 Å². The summed E-state index contributed by atoms with van der Waals surface area (Å²) >= 11 is 0. The van der Waals surface area contributed by atoms with Gasteiger partial charge >= 0.3 is 0 Å². The van der Waals surface area contributed by atoms with Crippen molar-refractivity contribution in [2.75, 3.05) is 60.0 Å². The monoisotopic (exact) mass is 421 g/mol. The Hall–Kier alpha value is -1.48. The van der Waals surface area contributed by atoms with Crippen LogP contribution >= 0.6 is 0 Å². The van der Waals surface area contributed by atoms with Crippen LogP contribution in [0.4, 0.5) is 0 Å². The number of piperidine rings is 1. The predicted molar refractivity (Wildman–Crippen MR) is 110 cm³/mol. The van der Waals surface area contributed by atoms with E-state index in [1.807, 2.05) is 18.0 Å². The van der Waals surface area contributed by atoms with Crippen LogP contribution in [0.1, 0.15) is 19.3 Å². The fraction of sp³-hybridized carbons (Fsp3) is 0.667.